The van der Waals surface area contributed by atoms with Gasteiger partial charge in [-0.05, 0) is 19.1 Å². The van der Waals surface area contributed by atoms with Gasteiger partial charge in [0.1, 0.15) is 5.75 Å². The molecular formula is C13H14N2O3. The Hall–Kier alpha value is -2.30. The molecule has 0 aliphatic carbocycles. The van der Waals surface area contributed by atoms with E-state index >= 15 is 0 Å². The standard InChI is InChI=1S/C13H14N2O3/c1-8-3-4-12(18-2)9(5-8)10-7-14-15-11(10)6-13(16)17/h3-5,7H,6H2,1-2H3,(H,14,15)(H,16,17). The predicted octanol–water partition coefficient (Wildman–Crippen LogP) is 2.02. The maximum absolute atomic E-state index is 10.8. The molecule has 2 N–H and O–H groups in total. The predicted molar refractivity (Wildman–Crippen MR) is 66.7 cm³/mol. The zero-order chi connectivity index (χ0) is 13.1. The van der Waals surface area contributed by atoms with Crippen LogP contribution in [0.3, 0.4) is 0 Å². The van der Waals surface area contributed by atoms with E-state index in [1.165, 1.54) is 0 Å². The van der Waals surface area contributed by atoms with Crippen molar-refractivity contribution in [1.29, 1.82) is 0 Å². The van der Waals surface area contributed by atoms with Crippen LogP contribution in [0.2, 0.25) is 0 Å². The summed E-state index contributed by atoms with van der Waals surface area (Å²) in [5.41, 5.74) is 3.26. The van der Waals surface area contributed by atoms with Gasteiger partial charge in [-0.2, -0.15) is 5.10 Å². The molecule has 0 bridgehead atoms. The number of carboxylic acid groups (broad SMARTS) is 1. The van der Waals surface area contributed by atoms with Crippen molar-refractivity contribution in [1.82, 2.24) is 10.2 Å². The Morgan fingerprint density at radius 1 is 1.44 bits per heavy atom. The van der Waals surface area contributed by atoms with E-state index in [1.807, 2.05) is 25.1 Å². The number of nitrogens with zero attached hydrogens (tertiary/aromatic N) is 1. The lowest BCUT2D eigenvalue weighted by Gasteiger charge is -2.09. The van der Waals surface area contributed by atoms with Crippen molar-refractivity contribution in [2.75, 3.05) is 7.11 Å². The molecule has 0 amide bonds. The Kier molecular flexibility index (Phi) is 3.32. The number of carbonyl (C=O) groups is 1. The van der Waals surface area contributed by atoms with Gasteiger partial charge in [-0.1, -0.05) is 11.6 Å². The first-order valence-corrected chi connectivity index (χ1v) is 5.51. The summed E-state index contributed by atoms with van der Waals surface area (Å²) in [5, 5.41) is 15.5. The van der Waals surface area contributed by atoms with Gasteiger partial charge in [0.25, 0.3) is 0 Å². The van der Waals surface area contributed by atoms with Gasteiger partial charge in [-0.3, -0.25) is 9.89 Å². The zero-order valence-electron chi connectivity index (χ0n) is 10.2. The number of methoxy groups -OCH3 is 1. The minimum atomic E-state index is -0.896. The number of carboxylic acids is 1. The highest BCUT2D eigenvalue weighted by molar-refractivity contribution is 5.78. The van der Waals surface area contributed by atoms with Crippen LogP contribution in [0.5, 0.6) is 5.75 Å². The monoisotopic (exact) mass is 246 g/mol. The summed E-state index contributed by atoms with van der Waals surface area (Å²) in [6.07, 6.45) is 1.53. The van der Waals surface area contributed by atoms with E-state index in [1.54, 1.807) is 13.3 Å². The van der Waals surface area contributed by atoms with E-state index in [4.69, 9.17) is 9.84 Å². The molecule has 0 atom stereocenters. The number of aromatic amines is 1. The minimum Gasteiger partial charge on any atom is -0.496 e. The second-order valence-electron chi connectivity index (χ2n) is 4.04. The van der Waals surface area contributed by atoms with Crippen molar-refractivity contribution in [3.8, 4) is 16.9 Å². The topological polar surface area (TPSA) is 75.2 Å². The lowest BCUT2D eigenvalue weighted by molar-refractivity contribution is -0.136. The number of rotatable bonds is 4. The van der Waals surface area contributed by atoms with Gasteiger partial charge in [0.05, 0.1) is 25.4 Å². The van der Waals surface area contributed by atoms with Crippen LogP contribution in [0.1, 0.15) is 11.3 Å². The largest absolute Gasteiger partial charge is 0.496 e. The highest BCUT2D eigenvalue weighted by Crippen LogP contribution is 2.32. The van der Waals surface area contributed by atoms with Gasteiger partial charge in [0.2, 0.25) is 0 Å². The van der Waals surface area contributed by atoms with Crippen LogP contribution >= 0.6 is 0 Å². The van der Waals surface area contributed by atoms with Crippen LogP contribution in [0.4, 0.5) is 0 Å². The average molecular weight is 246 g/mol. The fourth-order valence-corrected chi connectivity index (χ4v) is 1.86. The Morgan fingerprint density at radius 3 is 2.89 bits per heavy atom. The first-order chi connectivity index (χ1) is 8.61. The zero-order valence-corrected chi connectivity index (χ0v) is 10.2. The Labute approximate surface area is 104 Å². The van der Waals surface area contributed by atoms with Crippen LogP contribution in [0, 0.1) is 6.92 Å². The summed E-state index contributed by atoms with van der Waals surface area (Å²) in [6.45, 7) is 1.97. The van der Waals surface area contributed by atoms with E-state index in [0.29, 0.717) is 11.4 Å². The van der Waals surface area contributed by atoms with E-state index in [9.17, 15) is 4.79 Å². The lowest BCUT2D eigenvalue weighted by atomic mass is 10.0. The molecule has 0 saturated carbocycles. The van der Waals surface area contributed by atoms with Gasteiger partial charge in [0, 0.05) is 11.1 Å². The van der Waals surface area contributed by atoms with E-state index < -0.39 is 5.97 Å². The van der Waals surface area contributed by atoms with Crippen LogP contribution in [-0.2, 0) is 11.2 Å². The minimum absolute atomic E-state index is 0.0908. The molecule has 0 aliphatic rings. The number of ether oxygens (including phenoxy) is 1. The fourth-order valence-electron chi connectivity index (χ4n) is 1.86. The number of hydrogen-bond acceptors (Lipinski definition) is 3. The van der Waals surface area contributed by atoms with Gasteiger partial charge in [-0.15, -0.1) is 0 Å². The number of H-pyrrole nitrogens is 1. The van der Waals surface area contributed by atoms with E-state index in [2.05, 4.69) is 10.2 Å². The number of aryl methyl sites for hydroxylation is 1. The molecule has 1 aromatic heterocycles. The fraction of sp³-hybridized carbons (Fsp3) is 0.231. The van der Waals surface area contributed by atoms with Gasteiger partial charge >= 0.3 is 5.97 Å². The summed E-state index contributed by atoms with van der Waals surface area (Å²) in [7, 11) is 1.59. The molecule has 94 valence electrons. The van der Waals surface area contributed by atoms with Crippen molar-refractivity contribution in [2.45, 2.75) is 13.3 Å². The van der Waals surface area contributed by atoms with Crippen molar-refractivity contribution in [2.24, 2.45) is 0 Å². The number of benzene rings is 1. The quantitative estimate of drug-likeness (QED) is 0.865. The van der Waals surface area contributed by atoms with Gasteiger partial charge in [0.15, 0.2) is 0 Å². The molecular weight excluding hydrogens is 232 g/mol. The molecule has 1 aromatic carbocycles. The molecule has 0 aliphatic heterocycles. The molecule has 18 heavy (non-hydrogen) atoms. The maximum Gasteiger partial charge on any atom is 0.309 e. The molecule has 2 rings (SSSR count). The van der Waals surface area contributed by atoms with Gasteiger partial charge in [-0.25, -0.2) is 0 Å². The first kappa shape index (κ1) is 12.2. The molecule has 0 saturated heterocycles. The smallest absolute Gasteiger partial charge is 0.309 e. The normalized spacial score (nSPS) is 10.3. The molecule has 0 spiro atoms. The molecule has 1 heterocycles. The number of hydrogen-bond donors (Lipinski definition) is 2. The van der Waals surface area contributed by atoms with E-state index in [-0.39, 0.29) is 6.42 Å². The third kappa shape index (κ3) is 2.34. The van der Waals surface area contributed by atoms with Crippen LogP contribution in [0.25, 0.3) is 11.1 Å². The SMILES string of the molecule is COc1ccc(C)cc1-c1cn[nH]c1CC(=O)O. The summed E-state index contributed by atoms with van der Waals surface area (Å²) >= 11 is 0. The van der Waals surface area contributed by atoms with Crippen LogP contribution in [0.15, 0.2) is 24.4 Å². The Balaban J connectivity index is 2.51. The number of aliphatic carboxylic acids is 1. The third-order valence-corrected chi connectivity index (χ3v) is 2.69. The van der Waals surface area contributed by atoms with Gasteiger partial charge < -0.3 is 9.84 Å². The van der Waals surface area contributed by atoms with Crippen molar-refractivity contribution in [3.63, 3.8) is 0 Å². The lowest BCUT2D eigenvalue weighted by Crippen LogP contribution is -2.02. The summed E-state index contributed by atoms with van der Waals surface area (Å²) in [6, 6.07) is 5.76. The van der Waals surface area contributed by atoms with E-state index in [0.717, 1.165) is 16.7 Å². The molecule has 2 aromatic rings. The molecule has 5 nitrogen and oxygen atoms in total. The Bertz CT molecular complexity index is 575. The summed E-state index contributed by atoms with van der Waals surface area (Å²) < 4.78 is 5.30. The third-order valence-electron chi connectivity index (χ3n) is 2.69. The highest BCUT2D eigenvalue weighted by atomic mass is 16.5. The summed E-state index contributed by atoms with van der Waals surface area (Å²) in [5.74, 6) is -0.194. The van der Waals surface area contributed by atoms with Crippen molar-refractivity contribution >= 4 is 5.97 Å². The molecule has 0 radical (unpaired) electrons. The maximum atomic E-state index is 10.8. The second kappa shape index (κ2) is 4.91. The molecule has 0 fully saturated rings. The molecule has 5 heteroatoms. The highest BCUT2D eigenvalue weighted by Gasteiger charge is 2.14. The average Bonchev–Trinajstić information content (AvgIpc) is 2.76. The number of nitrogens with one attached hydrogen (secondary N) is 1. The second-order valence-corrected chi connectivity index (χ2v) is 4.04. The Morgan fingerprint density at radius 2 is 2.22 bits per heavy atom. The molecule has 0 unspecified atom stereocenters. The summed E-state index contributed by atoms with van der Waals surface area (Å²) in [4.78, 5) is 10.8. The van der Waals surface area contributed by atoms with Crippen LogP contribution in [-0.4, -0.2) is 28.4 Å². The van der Waals surface area contributed by atoms with Crippen molar-refractivity contribution in [3.05, 3.63) is 35.7 Å². The first-order valence-electron chi connectivity index (χ1n) is 5.51. The number of aromatic nitrogens is 2. The van der Waals surface area contributed by atoms with Crippen molar-refractivity contribution < 1.29 is 14.6 Å². The van der Waals surface area contributed by atoms with Crippen LogP contribution < -0.4 is 4.74 Å².